The average Bonchev–Trinajstić information content (AvgIpc) is 2.37. The molecule has 1 fully saturated rings. The van der Waals surface area contributed by atoms with E-state index in [2.05, 4.69) is 52.2 Å². The smallest absolute Gasteiger partial charge is 0.241 e. The van der Waals surface area contributed by atoms with Gasteiger partial charge in [-0.15, -0.1) is 0 Å². The molecule has 21 heavy (non-hydrogen) atoms. The van der Waals surface area contributed by atoms with Crippen LogP contribution in [0.5, 0.6) is 0 Å². The highest BCUT2D eigenvalue weighted by Crippen LogP contribution is 2.41. The van der Waals surface area contributed by atoms with Gasteiger partial charge in [-0.25, -0.2) is 0 Å². The van der Waals surface area contributed by atoms with Gasteiger partial charge >= 0.3 is 0 Å². The highest BCUT2D eigenvalue weighted by atomic mass is 16.2. The van der Waals surface area contributed by atoms with Gasteiger partial charge in [0.25, 0.3) is 0 Å². The molecule has 0 aliphatic heterocycles. The van der Waals surface area contributed by atoms with Crippen molar-refractivity contribution in [3.8, 4) is 0 Å². The lowest BCUT2D eigenvalue weighted by atomic mass is 9.65. The number of likely N-dealkylation sites (N-methyl/N-ethyl adjacent to an activating group) is 1. The van der Waals surface area contributed by atoms with Crippen LogP contribution in [0.3, 0.4) is 0 Å². The third kappa shape index (κ3) is 4.70. The van der Waals surface area contributed by atoms with Crippen molar-refractivity contribution in [3.63, 3.8) is 0 Å². The van der Waals surface area contributed by atoms with E-state index in [-0.39, 0.29) is 17.0 Å². The van der Waals surface area contributed by atoms with Gasteiger partial charge in [0, 0.05) is 5.54 Å². The Morgan fingerprint density at radius 1 is 1.19 bits per heavy atom. The fraction of sp³-hybridized carbons (Fsp3) is 0.944. The summed E-state index contributed by atoms with van der Waals surface area (Å²) in [5, 5.41) is 6.84. The first kappa shape index (κ1) is 18.5. The largest absolute Gasteiger partial charge is 0.350 e. The molecule has 0 spiro atoms. The van der Waals surface area contributed by atoms with E-state index in [0.29, 0.717) is 11.8 Å². The first-order valence-corrected chi connectivity index (χ1v) is 8.86. The summed E-state index contributed by atoms with van der Waals surface area (Å²) in [6.45, 7) is 13.6. The Kier molecular flexibility index (Phi) is 6.71. The Balaban J connectivity index is 3.02. The Morgan fingerprint density at radius 2 is 1.86 bits per heavy atom. The lowest BCUT2D eigenvalue weighted by Crippen LogP contribution is -2.65. The third-order valence-corrected chi connectivity index (χ3v) is 4.81. The van der Waals surface area contributed by atoms with Crippen LogP contribution in [0.4, 0.5) is 0 Å². The van der Waals surface area contributed by atoms with Gasteiger partial charge in [0.05, 0.1) is 0 Å². The Morgan fingerprint density at radius 3 is 2.33 bits per heavy atom. The minimum atomic E-state index is -0.366. The van der Waals surface area contributed by atoms with Gasteiger partial charge in [-0.1, -0.05) is 46.5 Å². The molecule has 0 aromatic rings. The van der Waals surface area contributed by atoms with Crippen molar-refractivity contribution in [1.82, 2.24) is 10.6 Å². The number of nitrogens with one attached hydrogen (secondary N) is 2. The summed E-state index contributed by atoms with van der Waals surface area (Å²) in [5.74, 6) is 1.35. The van der Waals surface area contributed by atoms with E-state index in [0.717, 1.165) is 19.4 Å². The first-order valence-electron chi connectivity index (χ1n) is 8.86. The molecule has 3 nitrogen and oxygen atoms in total. The lowest BCUT2D eigenvalue weighted by Gasteiger charge is -2.47. The number of hydrogen-bond acceptors (Lipinski definition) is 2. The molecule has 0 aromatic carbocycles. The Labute approximate surface area is 131 Å². The fourth-order valence-corrected chi connectivity index (χ4v) is 3.96. The maximum Gasteiger partial charge on any atom is 0.241 e. The van der Waals surface area contributed by atoms with Crippen molar-refractivity contribution >= 4 is 5.91 Å². The van der Waals surface area contributed by atoms with Gasteiger partial charge in [-0.2, -0.15) is 0 Å². The second-order valence-electron chi connectivity index (χ2n) is 7.75. The first-order chi connectivity index (χ1) is 9.79. The summed E-state index contributed by atoms with van der Waals surface area (Å²) in [5.41, 5.74) is -0.537. The van der Waals surface area contributed by atoms with Gasteiger partial charge in [0.2, 0.25) is 5.91 Å². The zero-order chi connectivity index (χ0) is 16.1. The predicted octanol–water partition coefficient (Wildman–Crippen LogP) is 3.88. The summed E-state index contributed by atoms with van der Waals surface area (Å²) in [6, 6.07) is 0. The predicted molar refractivity (Wildman–Crippen MR) is 90.3 cm³/mol. The third-order valence-electron chi connectivity index (χ3n) is 4.81. The molecule has 1 rings (SSSR count). The van der Waals surface area contributed by atoms with Gasteiger partial charge in [-0.05, 0) is 52.0 Å². The number of amides is 1. The van der Waals surface area contributed by atoms with Crippen molar-refractivity contribution < 1.29 is 4.79 Å². The summed E-state index contributed by atoms with van der Waals surface area (Å²) in [7, 11) is 0. The minimum Gasteiger partial charge on any atom is -0.350 e. The van der Waals surface area contributed by atoms with E-state index in [9.17, 15) is 4.79 Å². The zero-order valence-electron chi connectivity index (χ0n) is 15.0. The molecular weight excluding hydrogens is 260 g/mol. The van der Waals surface area contributed by atoms with Gasteiger partial charge in [0.15, 0.2) is 0 Å². The van der Waals surface area contributed by atoms with Gasteiger partial charge < -0.3 is 10.6 Å². The van der Waals surface area contributed by atoms with Crippen LogP contribution in [-0.4, -0.2) is 23.5 Å². The summed E-state index contributed by atoms with van der Waals surface area (Å²) < 4.78 is 0. The topological polar surface area (TPSA) is 41.1 Å². The lowest BCUT2D eigenvalue weighted by molar-refractivity contribution is -0.134. The van der Waals surface area contributed by atoms with Crippen molar-refractivity contribution in [2.24, 2.45) is 11.8 Å². The molecule has 3 heteroatoms. The molecule has 1 aliphatic rings. The number of hydrogen-bond donors (Lipinski definition) is 2. The fourth-order valence-electron chi connectivity index (χ4n) is 3.96. The monoisotopic (exact) mass is 296 g/mol. The van der Waals surface area contributed by atoms with Crippen molar-refractivity contribution in [3.05, 3.63) is 0 Å². The molecule has 0 radical (unpaired) electrons. The van der Waals surface area contributed by atoms with Crippen LogP contribution >= 0.6 is 0 Å². The van der Waals surface area contributed by atoms with Crippen molar-refractivity contribution in [2.45, 2.75) is 91.1 Å². The quantitative estimate of drug-likeness (QED) is 0.781. The van der Waals surface area contributed by atoms with Crippen LogP contribution in [0.15, 0.2) is 0 Å². The molecule has 2 N–H and O–H groups in total. The van der Waals surface area contributed by atoms with E-state index in [4.69, 9.17) is 0 Å². The summed E-state index contributed by atoms with van der Waals surface area (Å²) in [6.07, 6.45) is 6.98. The minimum absolute atomic E-state index is 0.171. The van der Waals surface area contributed by atoms with Gasteiger partial charge in [-0.3, -0.25) is 4.79 Å². The second-order valence-corrected chi connectivity index (χ2v) is 7.75. The van der Waals surface area contributed by atoms with E-state index < -0.39 is 0 Å². The number of carbonyl (C=O) groups excluding carboxylic acids is 1. The SMILES string of the molecule is CCC[C@@H]1CC[C@@H](CC)[C@@](NCC)(C(=O)NC(C)(C)C)C1. The molecule has 1 saturated carbocycles. The molecule has 0 unspecified atom stereocenters. The van der Waals surface area contributed by atoms with Crippen molar-refractivity contribution in [1.29, 1.82) is 0 Å². The normalized spacial score (nSPS) is 30.2. The molecule has 1 amide bonds. The van der Waals surface area contributed by atoms with E-state index in [1.807, 2.05) is 0 Å². The van der Waals surface area contributed by atoms with E-state index in [1.54, 1.807) is 0 Å². The second kappa shape index (κ2) is 7.62. The van der Waals surface area contributed by atoms with Crippen LogP contribution in [0.2, 0.25) is 0 Å². The van der Waals surface area contributed by atoms with Gasteiger partial charge in [0.1, 0.15) is 5.54 Å². The van der Waals surface area contributed by atoms with Crippen LogP contribution in [0.25, 0.3) is 0 Å². The molecule has 124 valence electrons. The zero-order valence-corrected chi connectivity index (χ0v) is 15.0. The summed E-state index contributed by atoms with van der Waals surface area (Å²) >= 11 is 0. The highest BCUT2D eigenvalue weighted by Gasteiger charge is 2.48. The molecule has 0 saturated heterocycles. The van der Waals surface area contributed by atoms with Crippen molar-refractivity contribution in [2.75, 3.05) is 6.54 Å². The Hall–Kier alpha value is -0.570. The highest BCUT2D eigenvalue weighted by molar-refractivity contribution is 5.87. The van der Waals surface area contributed by atoms with Crippen LogP contribution in [-0.2, 0) is 4.79 Å². The van der Waals surface area contributed by atoms with Crippen LogP contribution in [0, 0.1) is 11.8 Å². The molecule has 0 bridgehead atoms. The van der Waals surface area contributed by atoms with E-state index >= 15 is 0 Å². The molecular formula is C18H36N2O. The molecule has 3 atom stereocenters. The maximum absolute atomic E-state index is 13.1. The number of carbonyl (C=O) groups is 1. The van der Waals surface area contributed by atoms with Crippen LogP contribution < -0.4 is 10.6 Å². The average molecular weight is 296 g/mol. The van der Waals surface area contributed by atoms with Crippen LogP contribution in [0.1, 0.15) is 80.1 Å². The summed E-state index contributed by atoms with van der Waals surface area (Å²) in [4.78, 5) is 13.1. The molecule has 0 heterocycles. The van der Waals surface area contributed by atoms with E-state index in [1.165, 1.54) is 25.7 Å². The molecule has 0 aromatic heterocycles. The Bertz CT molecular complexity index is 335. The standard InChI is InChI=1S/C18H36N2O/c1-7-10-14-11-12-15(8-2)18(13-14,19-9-3)16(21)20-17(4,5)6/h14-15,19H,7-13H2,1-6H3,(H,20,21)/t14-,15-,18-/m1/s1. The number of rotatable bonds is 6. The molecule has 1 aliphatic carbocycles. The maximum atomic E-state index is 13.1.